The SMILES string of the molecule is CCOC(=O)c1ccc(S(=O)(=O)N(Cc2ccc(OC(F)(F)F)cc2)c2nc(C(C)O)c3ccccc3c2C)cc1. The molecule has 0 saturated heterocycles. The fraction of sp³-hybridized carbons (Fsp3) is 0.241. The van der Waals surface area contributed by atoms with E-state index in [0.29, 0.717) is 21.9 Å². The third-order valence-electron chi connectivity index (χ3n) is 6.24. The Kier molecular flexibility index (Phi) is 8.55. The van der Waals surface area contributed by atoms with Gasteiger partial charge in [-0.3, -0.25) is 0 Å². The molecular formula is C29H27F3N2O6S. The molecule has 0 bridgehead atoms. The number of alkyl halides is 3. The molecule has 1 atom stereocenters. The van der Waals surface area contributed by atoms with Gasteiger partial charge in [0.15, 0.2) is 0 Å². The van der Waals surface area contributed by atoms with Gasteiger partial charge in [-0.25, -0.2) is 22.5 Å². The highest BCUT2D eigenvalue weighted by atomic mass is 32.2. The van der Waals surface area contributed by atoms with Crippen LogP contribution in [0.25, 0.3) is 10.8 Å². The molecule has 0 aliphatic rings. The summed E-state index contributed by atoms with van der Waals surface area (Å²) in [6.45, 7) is 4.71. The van der Waals surface area contributed by atoms with Crippen LogP contribution in [0.1, 0.15) is 47.1 Å². The monoisotopic (exact) mass is 588 g/mol. The molecule has 0 spiro atoms. The Morgan fingerprint density at radius 3 is 2.17 bits per heavy atom. The first-order valence-corrected chi connectivity index (χ1v) is 14.0. The third kappa shape index (κ3) is 6.60. The standard InChI is InChI=1S/C29H27F3N2O6S/c1-4-39-28(36)21-11-15-23(16-12-21)41(37,38)34(17-20-9-13-22(14-10-20)40-29(30,31)32)27-18(2)24-7-5-6-8-25(24)26(33-27)19(3)35/h5-16,19,35H,4,17H2,1-3H3. The molecular weight excluding hydrogens is 561 g/mol. The Morgan fingerprint density at radius 2 is 1.61 bits per heavy atom. The fourth-order valence-corrected chi connectivity index (χ4v) is 5.77. The molecule has 0 saturated carbocycles. The van der Waals surface area contributed by atoms with Crippen LogP contribution < -0.4 is 9.04 Å². The molecule has 4 aromatic rings. The third-order valence-corrected chi connectivity index (χ3v) is 7.99. The Labute approximate surface area is 235 Å². The molecule has 1 unspecified atom stereocenters. The lowest BCUT2D eigenvalue weighted by Gasteiger charge is -2.27. The number of carbonyl (C=O) groups is 1. The van der Waals surface area contributed by atoms with Crippen molar-refractivity contribution in [1.82, 2.24) is 4.98 Å². The minimum Gasteiger partial charge on any atom is -0.462 e. The number of anilines is 1. The van der Waals surface area contributed by atoms with Crippen LogP contribution in [-0.4, -0.2) is 37.4 Å². The predicted molar refractivity (Wildman–Crippen MR) is 146 cm³/mol. The highest BCUT2D eigenvalue weighted by molar-refractivity contribution is 7.92. The summed E-state index contributed by atoms with van der Waals surface area (Å²) in [6, 6.07) is 17.1. The predicted octanol–water partition coefficient (Wildman–Crippen LogP) is 6.07. The first-order chi connectivity index (χ1) is 19.3. The van der Waals surface area contributed by atoms with Gasteiger partial charge in [0.05, 0.1) is 35.4 Å². The Bertz CT molecular complexity index is 1660. The smallest absolute Gasteiger partial charge is 0.462 e. The molecule has 0 radical (unpaired) electrons. The number of hydrogen-bond acceptors (Lipinski definition) is 7. The van der Waals surface area contributed by atoms with Crippen molar-refractivity contribution < 1.29 is 41.0 Å². The molecule has 1 heterocycles. The Balaban J connectivity index is 1.85. The number of halogens is 3. The van der Waals surface area contributed by atoms with Gasteiger partial charge in [-0.15, -0.1) is 13.2 Å². The first-order valence-electron chi connectivity index (χ1n) is 12.5. The highest BCUT2D eigenvalue weighted by Gasteiger charge is 2.32. The van der Waals surface area contributed by atoms with E-state index >= 15 is 0 Å². The number of sulfonamides is 1. The topological polar surface area (TPSA) is 106 Å². The largest absolute Gasteiger partial charge is 0.573 e. The van der Waals surface area contributed by atoms with Gasteiger partial charge in [-0.05, 0) is 68.1 Å². The molecule has 216 valence electrons. The lowest BCUT2D eigenvalue weighted by Crippen LogP contribution is -2.32. The molecule has 12 heteroatoms. The number of carbonyl (C=O) groups excluding carboxylic acids is 1. The van der Waals surface area contributed by atoms with Crippen LogP contribution in [0.2, 0.25) is 0 Å². The fourth-order valence-electron chi connectivity index (χ4n) is 4.31. The van der Waals surface area contributed by atoms with Crippen LogP contribution >= 0.6 is 0 Å². The van der Waals surface area contributed by atoms with E-state index in [1.54, 1.807) is 38.1 Å². The minimum absolute atomic E-state index is 0.0321. The second kappa shape index (κ2) is 11.8. The zero-order valence-corrected chi connectivity index (χ0v) is 23.2. The number of aliphatic hydroxyl groups is 1. The second-order valence-electron chi connectivity index (χ2n) is 9.12. The number of ether oxygens (including phenoxy) is 2. The summed E-state index contributed by atoms with van der Waals surface area (Å²) in [6.07, 6.45) is -5.91. The van der Waals surface area contributed by atoms with Crippen LogP contribution in [-0.2, 0) is 21.3 Å². The zero-order chi connectivity index (χ0) is 29.9. The van der Waals surface area contributed by atoms with E-state index in [1.807, 2.05) is 0 Å². The van der Waals surface area contributed by atoms with Crippen LogP contribution in [0, 0.1) is 6.92 Å². The van der Waals surface area contributed by atoms with Crippen molar-refractivity contribution in [3.05, 3.63) is 95.2 Å². The average Bonchev–Trinajstić information content (AvgIpc) is 2.92. The van der Waals surface area contributed by atoms with Crippen molar-refractivity contribution in [1.29, 1.82) is 0 Å². The van der Waals surface area contributed by atoms with Crippen molar-refractivity contribution in [2.24, 2.45) is 0 Å². The van der Waals surface area contributed by atoms with Crippen molar-refractivity contribution in [2.45, 2.75) is 44.7 Å². The maximum Gasteiger partial charge on any atom is 0.573 e. The first kappa shape index (κ1) is 29.8. The summed E-state index contributed by atoms with van der Waals surface area (Å²) in [5, 5.41) is 11.8. The Hall–Kier alpha value is -4.16. The van der Waals surface area contributed by atoms with Gasteiger partial charge in [0.25, 0.3) is 10.0 Å². The summed E-state index contributed by atoms with van der Waals surface area (Å²) in [7, 11) is -4.35. The van der Waals surface area contributed by atoms with E-state index in [4.69, 9.17) is 4.74 Å². The van der Waals surface area contributed by atoms with Crippen molar-refractivity contribution in [2.75, 3.05) is 10.9 Å². The lowest BCUT2D eigenvalue weighted by molar-refractivity contribution is -0.274. The van der Waals surface area contributed by atoms with E-state index < -0.39 is 34.2 Å². The van der Waals surface area contributed by atoms with Gasteiger partial charge < -0.3 is 14.6 Å². The zero-order valence-electron chi connectivity index (χ0n) is 22.3. The minimum atomic E-state index is -4.88. The number of hydrogen-bond donors (Lipinski definition) is 1. The lowest BCUT2D eigenvalue weighted by atomic mass is 10.0. The van der Waals surface area contributed by atoms with Crippen LogP contribution in [0.4, 0.5) is 19.0 Å². The van der Waals surface area contributed by atoms with Crippen LogP contribution in [0.5, 0.6) is 5.75 Å². The summed E-state index contributed by atoms with van der Waals surface area (Å²) in [4.78, 5) is 16.5. The Morgan fingerprint density at radius 1 is 1.00 bits per heavy atom. The van der Waals surface area contributed by atoms with E-state index in [-0.39, 0.29) is 35.1 Å². The molecule has 0 aliphatic carbocycles. The highest BCUT2D eigenvalue weighted by Crippen LogP contribution is 2.35. The number of aliphatic hydroxyl groups excluding tert-OH is 1. The maximum absolute atomic E-state index is 14.1. The number of benzene rings is 3. The number of fused-ring (bicyclic) bond motifs is 1. The molecule has 0 aliphatic heterocycles. The van der Waals surface area contributed by atoms with E-state index in [2.05, 4.69) is 9.72 Å². The quantitative estimate of drug-likeness (QED) is 0.237. The van der Waals surface area contributed by atoms with Crippen LogP contribution in [0.3, 0.4) is 0 Å². The number of rotatable bonds is 9. The van der Waals surface area contributed by atoms with Crippen molar-refractivity contribution in [3.8, 4) is 5.75 Å². The van der Waals surface area contributed by atoms with E-state index in [1.165, 1.54) is 43.3 Å². The van der Waals surface area contributed by atoms with Gasteiger partial charge in [0, 0.05) is 10.9 Å². The van der Waals surface area contributed by atoms with E-state index in [9.17, 15) is 31.5 Å². The summed E-state index contributed by atoms with van der Waals surface area (Å²) in [5.74, 6) is -1.03. The summed E-state index contributed by atoms with van der Waals surface area (Å²) < 4.78 is 76.1. The van der Waals surface area contributed by atoms with Crippen molar-refractivity contribution >= 4 is 32.6 Å². The second-order valence-corrected chi connectivity index (χ2v) is 11.0. The molecule has 0 fully saturated rings. The van der Waals surface area contributed by atoms with Gasteiger partial charge in [-0.2, -0.15) is 0 Å². The number of aryl methyl sites for hydroxylation is 1. The molecule has 1 N–H and O–H groups in total. The molecule has 3 aromatic carbocycles. The normalized spacial score (nSPS) is 12.7. The number of pyridine rings is 1. The van der Waals surface area contributed by atoms with E-state index in [0.717, 1.165) is 16.4 Å². The van der Waals surface area contributed by atoms with Gasteiger partial charge in [0.1, 0.15) is 11.6 Å². The number of esters is 1. The van der Waals surface area contributed by atoms with Crippen LogP contribution in [0.15, 0.2) is 77.7 Å². The molecule has 0 amide bonds. The van der Waals surface area contributed by atoms with Gasteiger partial charge >= 0.3 is 12.3 Å². The molecule has 4 rings (SSSR count). The summed E-state index contributed by atoms with van der Waals surface area (Å²) in [5.41, 5.74) is 1.27. The molecule has 1 aromatic heterocycles. The summed E-state index contributed by atoms with van der Waals surface area (Å²) >= 11 is 0. The van der Waals surface area contributed by atoms with Crippen molar-refractivity contribution in [3.63, 3.8) is 0 Å². The van der Waals surface area contributed by atoms with Gasteiger partial charge in [-0.1, -0.05) is 36.4 Å². The molecule has 8 nitrogen and oxygen atoms in total. The molecule has 41 heavy (non-hydrogen) atoms. The number of nitrogens with zero attached hydrogens (tertiary/aromatic N) is 2. The maximum atomic E-state index is 14.1. The number of aromatic nitrogens is 1. The average molecular weight is 589 g/mol. The van der Waals surface area contributed by atoms with Gasteiger partial charge in [0.2, 0.25) is 0 Å².